The van der Waals surface area contributed by atoms with Gasteiger partial charge in [-0.05, 0) is 48.4 Å². The number of hydrogen-bond acceptors (Lipinski definition) is 5. The van der Waals surface area contributed by atoms with Crippen LogP contribution in [0.3, 0.4) is 0 Å². The van der Waals surface area contributed by atoms with Crippen LogP contribution in [0.15, 0.2) is 77.7 Å². The SMILES string of the molecule is O=C(NCCc1ccccc1F)c1ccc(NS(=O)(=O)c2cccc([N+](=O)[O-])c2)cc1. The topological polar surface area (TPSA) is 118 Å². The Kier molecular flexibility index (Phi) is 6.61. The Hall–Kier alpha value is -3.79. The molecule has 0 unspecified atom stereocenters. The van der Waals surface area contributed by atoms with E-state index in [9.17, 15) is 27.7 Å². The molecule has 2 N–H and O–H groups in total. The van der Waals surface area contributed by atoms with Crippen molar-refractivity contribution in [3.05, 3.63) is 99.9 Å². The number of hydrogen-bond donors (Lipinski definition) is 2. The molecule has 0 bridgehead atoms. The second-order valence-corrected chi connectivity index (χ2v) is 8.22. The zero-order valence-electron chi connectivity index (χ0n) is 16.1. The Balaban J connectivity index is 1.61. The molecule has 3 aromatic carbocycles. The lowest BCUT2D eigenvalue weighted by Gasteiger charge is -2.09. The van der Waals surface area contributed by atoms with E-state index >= 15 is 0 Å². The van der Waals surface area contributed by atoms with Crippen LogP contribution in [-0.2, 0) is 16.4 Å². The number of benzene rings is 3. The molecular formula is C21H18FN3O5S. The van der Waals surface area contributed by atoms with E-state index in [2.05, 4.69) is 10.0 Å². The molecule has 0 aliphatic rings. The van der Waals surface area contributed by atoms with Crippen molar-refractivity contribution in [2.24, 2.45) is 0 Å². The summed E-state index contributed by atoms with van der Waals surface area (Å²) in [4.78, 5) is 22.1. The zero-order chi connectivity index (χ0) is 22.4. The summed E-state index contributed by atoms with van der Waals surface area (Å²) in [5.74, 6) is -0.721. The van der Waals surface area contributed by atoms with E-state index in [1.54, 1.807) is 18.2 Å². The molecule has 0 aliphatic carbocycles. The van der Waals surface area contributed by atoms with Gasteiger partial charge < -0.3 is 5.32 Å². The summed E-state index contributed by atoms with van der Waals surface area (Å²) in [5, 5.41) is 13.5. The monoisotopic (exact) mass is 443 g/mol. The maximum absolute atomic E-state index is 13.6. The third-order valence-corrected chi connectivity index (χ3v) is 5.75. The number of nitro benzene ring substituents is 1. The van der Waals surface area contributed by atoms with E-state index in [0.29, 0.717) is 17.5 Å². The maximum atomic E-state index is 13.6. The van der Waals surface area contributed by atoms with Crippen molar-refractivity contribution in [2.45, 2.75) is 11.3 Å². The fourth-order valence-electron chi connectivity index (χ4n) is 2.78. The number of nitro groups is 1. The average molecular weight is 443 g/mol. The second kappa shape index (κ2) is 9.35. The molecule has 8 nitrogen and oxygen atoms in total. The lowest BCUT2D eigenvalue weighted by Crippen LogP contribution is -2.25. The number of halogens is 1. The summed E-state index contributed by atoms with van der Waals surface area (Å²) < 4.78 is 40.8. The van der Waals surface area contributed by atoms with Crippen molar-refractivity contribution >= 4 is 27.3 Å². The highest BCUT2D eigenvalue weighted by Crippen LogP contribution is 2.20. The highest BCUT2D eigenvalue weighted by molar-refractivity contribution is 7.92. The molecule has 0 fully saturated rings. The van der Waals surface area contributed by atoms with E-state index in [4.69, 9.17) is 0 Å². The molecule has 0 saturated carbocycles. The first-order chi connectivity index (χ1) is 14.8. The van der Waals surface area contributed by atoms with Crippen molar-refractivity contribution in [1.82, 2.24) is 5.32 Å². The number of anilines is 1. The fourth-order valence-corrected chi connectivity index (χ4v) is 3.88. The van der Waals surface area contributed by atoms with Crippen molar-refractivity contribution in [3.8, 4) is 0 Å². The first-order valence-corrected chi connectivity index (χ1v) is 10.6. The van der Waals surface area contributed by atoms with Crippen molar-refractivity contribution in [2.75, 3.05) is 11.3 Å². The van der Waals surface area contributed by atoms with Gasteiger partial charge in [0.2, 0.25) is 0 Å². The minimum Gasteiger partial charge on any atom is -0.352 e. The van der Waals surface area contributed by atoms with Gasteiger partial charge in [-0.2, -0.15) is 0 Å². The molecule has 3 rings (SSSR count). The normalized spacial score (nSPS) is 11.0. The number of nitrogens with one attached hydrogen (secondary N) is 2. The summed E-state index contributed by atoms with van der Waals surface area (Å²) in [5.41, 5.74) is 0.639. The summed E-state index contributed by atoms with van der Waals surface area (Å²) in [6.07, 6.45) is 0.333. The Morgan fingerprint density at radius 2 is 1.71 bits per heavy atom. The second-order valence-electron chi connectivity index (χ2n) is 6.53. The van der Waals surface area contributed by atoms with E-state index < -0.39 is 14.9 Å². The van der Waals surface area contributed by atoms with Crippen LogP contribution in [0.25, 0.3) is 0 Å². The largest absolute Gasteiger partial charge is 0.352 e. The molecule has 0 radical (unpaired) electrons. The van der Waals surface area contributed by atoms with Crippen LogP contribution in [0.1, 0.15) is 15.9 Å². The van der Waals surface area contributed by atoms with Gasteiger partial charge in [0.05, 0.1) is 9.82 Å². The molecule has 0 aliphatic heterocycles. The Morgan fingerprint density at radius 1 is 1.00 bits per heavy atom. The van der Waals surface area contributed by atoms with Gasteiger partial charge in [-0.3, -0.25) is 19.6 Å². The minimum atomic E-state index is -4.04. The van der Waals surface area contributed by atoms with E-state index in [0.717, 1.165) is 6.07 Å². The van der Waals surface area contributed by atoms with E-state index in [-0.39, 0.29) is 34.5 Å². The van der Waals surface area contributed by atoms with Crippen LogP contribution >= 0.6 is 0 Å². The molecule has 160 valence electrons. The number of sulfonamides is 1. The number of rotatable bonds is 8. The third kappa shape index (κ3) is 5.64. The zero-order valence-corrected chi connectivity index (χ0v) is 16.9. The molecule has 1 amide bonds. The van der Waals surface area contributed by atoms with Gasteiger partial charge in [-0.1, -0.05) is 24.3 Å². The number of carbonyl (C=O) groups excluding carboxylic acids is 1. The van der Waals surface area contributed by atoms with Gasteiger partial charge in [0.25, 0.3) is 21.6 Å². The molecule has 0 saturated heterocycles. The number of amides is 1. The van der Waals surface area contributed by atoms with E-state index in [1.165, 1.54) is 48.5 Å². The van der Waals surface area contributed by atoms with Gasteiger partial charge in [0.15, 0.2) is 0 Å². The Morgan fingerprint density at radius 3 is 2.39 bits per heavy atom. The number of carbonyl (C=O) groups is 1. The number of nitrogens with zero attached hydrogens (tertiary/aromatic N) is 1. The van der Waals surface area contributed by atoms with Gasteiger partial charge in [0.1, 0.15) is 5.82 Å². The molecule has 0 atom stereocenters. The van der Waals surface area contributed by atoms with Gasteiger partial charge in [-0.25, -0.2) is 12.8 Å². The van der Waals surface area contributed by atoms with Crippen LogP contribution in [-0.4, -0.2) is 25.8 Å². The van der Waals surface area contributed by atoms with E-state index in [1.807, 2.05) is 0 Å². The molecule has 10 heteroatoms. The number of non-ortho nitro benzene ring substituents is 1. The van der Waals surface area contributed by atoms with Gasteiger partial charge in [0, 0.05) is 29.9 Å². The van der Waals surface area contributed by atoms with Gasteiger partial charge >= 0.3 is 0 Å². The predicted octanol–water partition coefficient (Wildman–Crippen LogP) is 3.51. The maximum Gasteiger partial charge on any atom is 0.270 e. The summed E-state index contributed by atoms with van der Waals surface area (Å²) in [7, 11) is -4.04. The highest BCUT2D eigenvalue weighted by atomic mass is 32.2. The summed E-state index contributed by atoms with van der Waals surface area (Å²) >= 11 is 0. The van der Waals surface area contributed by atoms with Crippen LogP contribution in [0, 0.1) is 15.9 Å². The standard InChI is InChI=1S/C21H18FN3O5S/c22-20-7-2-1-4-15(20)12-13-23-21(26)16-8-10-17(11-9-16)24-31(29,30)19-6-3-5-18(14-19)25(27)28/h1-11,14,24H,12-13H2,(H,23,26). The minimum absolute atomic E-state index is 0.189. The predicted molar refractivity (Wildman–Crippen MR) is 113 cm³/mol. The fraction of sp³-hybridized carbons (Fsp3) is 0.0952. The molecule has 3 aromatic rings. The molecular weight excluding hydrogens is 425 g/mol. The van der Waals surface area contributed by atoms with Crippen LogP contribution < -0.4 is 10.0 Å². The van der Waals surface area contributed by atoms with Crippen LogP contribution in [0.4, 0.5) is 15.8 Å². The summed E-state index contributed by atoms with van der Waals surface area (Å²) in [6, 6.07) is 16.6. The average Bonchev–Trinajstić information content (AvgIpc) is 2.75. The van der Waals surface area contributed by atoms with Crippen molar-refractivity contribution < 1.29 is 22.5 Å². The Labute approximate surface area is 177 Å². The first kappa shape index (κ1) is 21.9. The first-order valence-electron chi connectivity index (χ1n) is 9.15. The quantitative estimate of drug-likeness (QED) is 0.408. The van der Waals surface area contributed by atoms with Crippen molar-refractivity contribution in [1.29, 1.82) is 0 Å². The summed E-state index contributed by atoms with van der Waals surface area (Å²) in [6.45, 7) is 0.237. The Bertz CT molecular complexity index is 1210. The molecule has 31 heavy (non-hydrogen) atoms. The third-order valence-electron chi connectivity index (χ3n) is 4.38. The molecule has 0 spiro atoms. The van der Waals surface area contributed by atoms with Crippen LogP contribution in [0.2, 0.25) is 0 Å². The van der Waals surface area contributed by atoms with Crippen molar-refractivity contribution in [3.63, 3.8) is 0 Å². The molecule has 0 heterocycles. The smallest absolute Gasteiger partial charge is 0.270 e. The lowest BCUT2D eigenvalue weighted by molar-refractivity contribution is -0.385. The van der Waals surface area contributed by atoms with Crippen LogP contribution in [0.5, 0.6) is 0 Å². The highest BCUT2D eigenvalue weighted by Gasteiger charge is 2.18. The van der Waals surface area contributed by atoms with Gasteiger partial charge in [-0.15, -0.1) is 0 Å². The molecule has 0 aromatic heterocycles. The lowest BCUT2D eigenvalue weighted by atomic mass is 10.1.